The Balaban J connectivity index is 2.25. The summed E-state index contributed by atoms with van der Waals surface area (Å²) < 4.78 is 37.6. The molecule has 0 spiro atoms. The van der Waals surface area contributed by atoms with Gasteiger partial charge in [0.15, 0.2) is 0 Å². The predicted octanol–water partition coefficient (Wildman–Crippen LogP) is 2.09. The maximum absolute atomic E-state index is 12.4. The van der Waals surface area contributed by atoms with Crippen molar-refractivity contribution in [2.24, 2.45) is 0 Å². The summed E-state index contributed by atoms with van der Waals surface area (Å²) in [7, 11) is -2.08. The number of nitrogens with one attached hydrogen (secondary N) is 1. The SMILES string of the molecule is COc1cc(C)c(S(=O)(=O)NCc2ncc(C)o2)cc1C. The molecule has 2 rings (SSSR count). The minimum absolute atomic E-state index is 0.0146. The summed E-state index contributed by atoms with van der Waals surface area (Å²) in [5, 5.41) is 0. The van der Waals surface area contributed by atoms with E-state index in [-0.39, 0.29) is 11.4 Å². The Kier molecular flexibility index (Phi) is 4.34. The molecule has 114 valence electrons. The van der Waals surface area contributed by atoms with Crippen LogP contribution in [0.25, 0.3) is 0 Å². The molecule has 0 aliphatic carbocycles. The van der Waals surface area contributed by atoms with Crippen LogP contribution >= 0.6 is 0 Å². The van der Waals surface area contributed by atoms with Crippen molar-refractivity contribution in [1.29, 1.82) is 0 Å². The second kappa shape index (κ2) is 5.87. The smallest absolute Gasteiger partial charge is 0.241 e. The summed E-state index contributed by atoms with van der Waals surface area (Å²) in [4.78, 5) is 4.19. The molecule has 0 unspecified atom stereocenters. The fraction of sp³-hybridized carbons (Fsp3) is 0.357. The van der Waals surface area contributed by atoms with Gasteiger partial charge in [0.25, 0.3) is 0 Å². The minimum atomic E-state index is -3.63. The molecule has 7 heteroatoms. The highest BCUT2D eigenvalue weighted by Crippen LogP contribution is 2.25. The van der Waals surface area contributed by atoms with E-state index in [1.807, 2.05) is 0 Å². The van der Waals surface area contributed by atoms with Crippen LogP contribution < -0.4 is 9.46 Å². The number of ether oxygens (including phenoxy) is 1. The Morgan fingerprint density at radius 2 is 1.95 bits per heavy atom. The average molecular weight is 310 g/mol. The van der Waals surface area contributed by atoms with Gasteiger partial charge in [-0.2, -0.15) is 0 Å². The maximum Gasteiger partial charge on any atom is 0.241 e. The fourth-order valence-corrected chi connectivity index (χ4v) is 3.27. The van der Waals surface area contributed by atoms with Gasteiger partial charge in [-0.15, -0.1) is 0 Å². The van der Waals surface area contributed by atoms with Crippen LogP contribution in [0.4, 0.5) is 0 Å². The van der Waals surface area contributed by atoms with Gasteiger partial charge in [-0.25, -0.2) is 18.1 Å². The summed E-state index contributed by atoms with van der Waals surface area (Å²) in [6.45, 7) is 5.29. The third kappa shape index (κ3) is 3.43. The van der Waals surface area contributed by atoms with Gasteiger partial charge in [0.2, 0.25) is 15.9 Å². The molecule has 0 saturated carbocycles. The van der Waals surface area contributed by atoms with E-state index in [4.69, 9.17) is 9.15 Å². The summed E-state index contributed by atoms with van der Waals surface area (Å²) in [6, 6.07) is 3.30. The van der Waals surface area contributed by atoms with Crippen molar-refractivity contribution in [1.82, 2.24) is 9.71 Å². The Morgan fingerprint density at radius 1 is 1.24 bits per heavy atom. The lowest BCUT2D eigenvalue weighted by Crippen LogP contribution is -2.24. The first-order chi connectivity index (χ1) is 9.83. The molecular weight excluding hydrogens is 292 g/mol. The van der Waals surface area contributed by atoms with Crippen molar-refractivity contribution >= 4 is 10.0 Å². The first-order valence-corrected chi connectivity index (χ1v) is 7.88. The molecule has 0 radical (unpaired) electrons. The third-order valence-electron chi connectivity index (χ3n) is 3.06. The van der Waals surface area contributed by atoms with Crippen LogP contribution in [0.5, 0.6) is 5.75 Å². The molecule has 6 nitrogen and oxygen atoms in total. The van der Waals surface area contributed by atoms with E-state index in [2.05, 4.69) is 9.71 Å². The van der Waals surface area contributed by atoms with Crippen LogP contribution in [0, 0.1) is 20.8 Å². The molecule has 0 saturated heterocycles. The van der Waals surface area contributed by atoms with Gasteiger partial charge in [-0.1, -0.05) is 0 Å². The molecule has 0 fully saturated rings. The van der Waals surface area contributed by atoms with E-state index in [1.165, 1.54) is 0 Å². The summed E-state index contributed by atoms with van der Waals surface area (Å²) in [5.74, 6) is 1.63. The highest BCUT2D eigenvalue weighted by Gasteiger charge is 2.19. The van der Waals surface area contributed by atoms with Crippen molar-refractivity contribution < 1.29 is 17.6 Å². The number of aryl methyl sites for hydroxylation is 3. The van der Waals surface area contributed by atoms with E-state index < -0.39 is 10.0 Å². The second-order valence-electron chi connectivity index (χ2n) is 4.78. The minimum Gasteiger partial charge on any atom is -0.496 e. The number of sulfonamides is 1. The second-order valence-corrected chi connectivity index (χ2v) is 6.51. The van der Waals surface area contributed by atoms with Crippen molar-refractivity contribution in [3.8, 4) is 5.75 Å². The molecule has 0 bridgehead atoms. The van der Waals surface area contributed by atoms with Crippen LogP contribution in [0.15, 0.2) is 27.6 Å². The number of hydrogen-bond donors (Lipinski definition) is 1. The Bertz CT molecular complexity index is 750. The Labute approximate surface area is 124 Å². The Hall–Kier alpha value is -1.86. The van der Waals surface area contributed by atoms with Gasteiger partial charge in [0.1, 0.15) is 11.5 Å². The summed E-state index contributed by atoms with van der Waals surface area (Å²) in [5.41, 5.74) is 1.38. The topological polar surface area (TPSA) is 81.4 Å². The van der Waals surface area contributed by atoms with Crippen LogP contribution in [0.1, 0.15) is 22.8 Å². The molecule has 0 aliphatic heterocycles. The summed E-state index contributed by atoms with van der Waals surface area (Å²) in [6.07, 6.45) is 1.55. The highest BCUT2D eigenvalue weighted by molar-refractivity contribution is 7.89. The standard InChI is InChI=1S/C14H18N2O4S/c1-9-6-13(10(2)5-12(9)19-4)21(17,18)16-8-14-15-7-11(3)20-14/h5-7,16H,8H2,1-4H3. The number of benzene rings is 1. The zero-order chi connectivity index (χ0) is 15.6. The molecule has 1 heterocycles. The fourth-order valence-electron chi connectivity index (χ4n) is 1.99. The third-order valence-corrected chi connectivity index (χ3v) is 4.61. The van der Waals surface area contributed by atoms with Crippen LogP contribution in [-0.2, 0) is 16.6 Å². The quantitative estimate of drug-likeness (QED) is 0.914. The van der Waals surface area contributed by atoms with E-state index in [9.17, 15) is 8.42 Å². The Morgan fingerprint density at radius 3 is 2.52 bits per heavy atom. The zero-order valence-electron chi connectivity index (χ0n) is 12.4. The number of rotatable bonds is 5. The van der Waals surface area contributed by atoms with Crippen molar-refractivity contribution in [3.63, 3.8) is 0 Å². The highest BCUT2D eigenvalue weighted by atomic mass is 32.2. The molecule has 1 aromatic heterocycles. The first-order valence-electron chi connectivity index (χ1n) is 6.39. The summed E-state index contributed by atoms with van der Waals surface area (Å²) >= 11 is 0. The molecule has 1 N–H and O–H groups in total. The number of oxazole rings is 1. The van der Waals surface area contributed by atoms with E-state index in [0.717, 1.165) is 5.56 Å². The van der Waals surface area contributed by atoms with Crippen molar-refractivity contribution in [3.05, 3.63) is 41.1 Å². The molecule has 0 aliphatic rings. The van der Waals surface area contributed by atoms with Crippen LogP contribution in [0.2, 0.25) is 0 Å². The number of methoxy groups -OCH3 is 1. The van der Waals surface area contributed by atoms with Crippen LogP contribution in [-0.4, -0.2) is 20.5 Å². The van der Waals surface area contributed by atoms with E-state index in [1.54, 1.807) is 46.2 Å². The van der Waals surface area contributed by atoms with E-state index >= 15 is 0 Å². The normalized spacial score (nSPS) is 11.6. The molecule has 0 amide bonds. The van der Waals surface area contributed by atoms with Gasteiger partial charge < -0.3 is 9.15 Å². The maximum atomic E-state index is 12.4. The van der Waals surface area contributed by atoms with Gasteiger partial charge in [-0.05, 0) is 44.0 Å². The van der Waals surface area contributed by atoms with E-state index in [0.29, 0.717) is 23.0 Å². The van der Waals surface area contributed by atoms with Crippen molar-refractivity contribution in [2.45, 2.75) is 32.2 Å². The van der Waals surface area contributed by atoms with Gasteiger partial charge in [-0.3, -0.25) is 0 Å². The number of hydrogen-bond acceptors (Lipinski definition) is 5. The molecular formula is C14H18N2O4S. The molecule has 21 heavy (non-hydrogen) atoms. The lowest BCUT2D eigenvalue weighted by atomic mass is 10.1. The predicted molar refractivity (Wildman–Crippen MR) is 77.7 cm³/mol. The van der Waals surface area contributed by atoms with Crippen molar-refractivity contribution in [2.75, 3.05) is 7.11 Å². The van der Waals surface area contributed by atoms with Crippen LogP contribution in [0.3, 0.4) is 0 Å². The first kappa shape index (κ1) is 15.5. The number of nitrogens with zero attached hydrogens (tertiary/aromatic N) is 1. The molecule has 1 aromatic carbocycles. The molecule has 2 aromatic rings. The molecule has 0 atom stereocenters. The number of aromatic nitrogens is 1. The lowest BCUT2D eigenvalue weighted by molar-refractivity contribution is 0.411. The lowest BCUT2D eigenvalue weighted by Gasteiger charge is -2.12. The largest absolute Gasteiger partial charge is 0.496 e. The zero-order valence-corrected chi connectivity index (χ0v) is 13.2. The van der Waals surface area contributed by atoms with Gasteiger partial charge in [0, 0.05) is 0 Å². The average Bonchev–Trinajstić information content (AvgIpc) is 2.84. The van der Waals surface area contributed by atoms with Gasteiger partial charge >= 0.3 is 0 Å². The monoisotopic (exact) mass is 310 g/mol. The van der Waals surface area contributed by atoms with Gasteiger partial charge in [0.05, 0.1) is 24.7 Å².